The summed E-state index contributed by atoms with van der Waals surface area (Å²) in [4.78, 5) is 18.2. The lowest BCUT2D eigenvalue weighted by molar-refractivity contribution is 0.0594. The van der Waals surface area contributed by atoms with Gasteiger partial charge in [0.05, 0.1) is 12.8 Å². The predicted molar refractivity (Wildman–Crippen MR) is 64.6 cm³/mol. The summed E-state index contributed by atoms with van der Waals surface area (Å²) in [6.07, 6.45) is 1.13. The van der Waals surface area contributed by atoms with Gasteiger partial charge in [-0.2, -0.15) is 0 Å². The molecule has 5 heteroatoms. The maximum atomic E-state index is 11.5. The van der Waals surface area contributed by atoms with Gasteiger partial charge in [-0.1, -0.05) is 0 Å². The van der Waals surface area contributed by atoms with E-state index < -0.39 is 0 Å². The zero-order valence-electron chi connectivity index (χ0n) is 9.99. The molecule has 1 aromatic rings. The number of hydrogen-bond donors (Lipinski definition) is 1. The highest BCUT2D eigenvalue weighted by Gasteiger charge is 2.32. The van der Waals surface area contributed by atoms with Crippen molar-refractivity contribution in [3.05, 3.63) is 17.3 Å². The molecule has 1 aromatic heterocycles. The molecule has 0 amide bonds. The van der Waals surface area contributed by atoms with Gasteiger partial charge in [0.25, 0.3) is 0 Å². The van der Waals surface area contributed by atoms with E-state index in [1.165, 1.54) is 7.11 Å². The molecule has 2 aliphatic heterocycles. The Morgan fingerprint density at radius 1 is 1.65 bits per heavy atom. The van der Waals surface area contributed by atoms with E-state index in [9.17, 15) is 4.79 Å². The van der Waals surface area contributed by atoms with E-state index in [1.54, 1.807) is 6.07 Å². The molecule has 1 saturated heterocycles. The van der Waals surface area contributed by atoms with Gasteiger partial charge in [-0.3, -0.25) is 0 Å². The summed E-state index contributed by atoms with van der Waals surface area (Å²) in [7, 11) is 1.37. The second-order valence-corrected chi connectivity index (χ2v) is 4.59. The fraction of sp³-hybridized carbons (Fsp3) is 0.500. The van der Waals surface area contributed by atoms with Crippen molar-refractivity contribution < 1.29 is 9.53 Å². The second-order valence-electron chi connectivity index (χ2n) is 4.59. The summed E-state index contributed by atoms with van der Waals surface area (Å²) in [6, 6.07) is 2.26. The molecule has 0 aliphatic carbocycles. The minimum Gasteiger partial charge on any atom is -0.464 e. The van der Waals surface area contributed by atoms with Crippen LogP contribution < -0.4 is 10.2 Å². The number of rotatable bonds is 1. The number of hydrogen-bond acceptors (Lipinski definition) is 5. The normalized spacial score (nSPS) is 20.8. The molecule has 1 atom stereocenters. The van der Waals surface area contributed by atoms with Gasteiger partial charge in [-0.25, -0.2) is 9.78 Å². The van der Waals surface area contributed by atoms with E-state index in [0.717, 1.165) is 36.6 Å². The van der Waals surface area contributed by atoms with Crippen LogP contribution in [0, 0.1) is 6.92 Å². The molecule has 0 radical (unpaired) electrons. The highest BCUT2D eigenvalue weighted by molar-refractivity contribution is 5.90. The Kier molecular flexibility index (Phi) is 2.21. The zero-order valence-corrected chi connectivity index (χ0v) is 9.99. The van der Waals surface area contributed by atoms with Crippen molar-refractivity contribution in [2.45, 2.75) is 19.4 Å². The first-order valence-electron chi connectivity index (χ1n) is 5.80. The van der Waals surface area contributed by atoms with Crippen LogP contribution in [0.3, 0.4) is 0 Å². The van der Waals surface area contributed by atoms with Gasteiger partial charge >= 0.3 is 5.97 Å². The molecule has 3 heterocycles. The van der Waals surface area contributed by atoms with Gasteiger partial charge in [0.2, 0.25) is 0 Å². The Bertz CT molecular complexity index is 487. The number of fused-ring (bicyclic) bond motifs is 4. The lowest BCUT2D eigenvalue weighted by atomic mass is 10.1. The number of aryl methyl sites for hydroxylation is 1. The van der Waals surface area contributed by atoms with Crippen molar-refractivity contribution in [3.63, 3.8) is 0 Å². The molecule has 1 N–H and O–H groups in total. The minimum absolute atomic E-state index is 0.374. The third kappa shape index (κ3) is 1.53. The molecule has 0 spiro atoms. The molecule has 1 unspecified atom stereocenters. The van der Waals surface area contributed by atoms with Crippen LogP contribution in [0.5, 0.6) is 0 Å². The topological polar surface area (TPSA) is 54.5 Å². The molecule has 1 fully saturated rings. The largest absolute Gasteiger partial charge is 0.464 e. The molecule has 2 aliphatic rings. The molecule has 90 valence electrons. The number of ether oxygens (including phenoxy) is 1. The fourth-order valence-electron chi connectivity index (χ4n) is 2.65. The fourth-order valence-corrected chi connectivity index (χ4v) is 2.65. The van der Waals surface area contributed by atoms with Gasteiger partial charge in [0.15, 0.2) is 11.5 Å². The van der Waals surface area contributed by atoms with Crippen LogP contribution in [0.1, 0.15) is 22.5 Å². The Morgan fingerprint density at radius 3 is 3.24 bits per heavy atom. The first-order chi connectivity index (χ1) is 8.19. The number of pyridine rings is 1. The molecule has 3 rings (SSSR count). The predicted octanol–water partition coefficient (Wildman–Crippen LogP) is 1.18. The molecular weight excluding hydrogens is 218 g/mol. The summed E-state index contributed by atoms with van der Waals surface area (Å²) < 4.78 is 4.71. The number of esters is 1. The molecule has 0 aromatic carbocycles. The molecular formula is C12H15N3O2. The maximum absolute atomic E-state index is 11.5. The maximum Gasteiger partial charge on any atom is 0.356 e. The van der Waals surface area contributed by atoms with Gasteiger partial charge in [0, 0.05) is 19.1 Å². The highest BCUT2D eigenvalue weighted by Crippen LogP contribution is 2.36. The molecule has 2 bridgehead atoms. The van der Waals surface area contributed by atoms with Gasteiger partial charge < -0.3 is 15.0 Å². The minimum atomic E-state index is -0.384. The van der Waals surface area contributed by atoms with Crippen molar-refractivity contribution in [3.8, 4) is 0 Å². The van der Waals surface area contributed by atoms with Crippen LogP contribution in [0.4, 0.5) is 11.5 Å². The van der Waals surface area contributed by atoms with E-state index in [2.05, 4.69) is 15.2 Å². The van der Waals surface area contributed by atoms with E-state index in [0.29, 0.717) is 11.7 Å². The van der Waals surface area contributed by atoms with Crippen LogP contribution in [0.2, 0.25) is 0 Å². The van der Waals surface area contributed by atoms with Gasteiger partial charge in [-0.15, -0.1) is 0 Å². The van der Waals surface area contributed by atoms with Crippen molar-refractivity contribution in [2.75, 3.05) is 30.4 Å². The Morgan fingerprint density at radius 2 is 2.47 bits per heavy atom. The van der Waals surface area contributed by atoms with Crippen LogP contribution in [-0.2, 0) is 4.74 Å². The average molecular weight is 233 g/mol. The lowest BCUT2D eigenvalue weighted by Gasteiger charge is -2.29. The van der Waals surface area contributed by atoms with Crippen molar-refractivity contribution in [1.82, 2.24) is 4.98 Å². The molecule has 0 saturated carbocycles. The lowest BCUT2D eigenvalue weighted by Crippen LogP contribution is -2.33. The Balaban J connectivity index is 2.08. The number of nitrogens with one attached hydrogen (secondary N) is 1. The summed E-state index contributed by atoms with van der Waals surface area (Å²) >= 11 is 0. The van der Waals surface area contributed by atoms with Crippen molar-refractivity contribution in [2.24, 2.45) is 0 Å². The van der Waals surface area contributed by atoms with E-state index >= 15 is 0 Å². The Labute approximate surface area is 99.8 Å². The zero-order chi connectivity index (χ0) is 12.0. The van der Waals surface area contributed by atoms with Gasteiger partial charge in [0.1, 0.15) is 0 Å². The van der Waals surface area contributed by atoms with Crippen molar-refractivity contribution >= 4 is 17.5 Å². The third-order valence-corrected chi connectivity index (χ3v) is 3.42. The first-order valence-corrected chi connectivity index (χ1v) is 5.80. The van der Waals surface area contributed by atoms with E-state index in [-0.39, 0.29) is 5.97 Å². The van der Waals surface area contributed by atoms with E-state index in [4.69, 9.17) is 4.74 Å². The van der Waals surface area contributed by atoms with Crippen LogP contribution in [0.25, 0.3) is 0 Å². The number of anilines is 2. The Hall–Kier alpha value is -1.78. The van der Waals surface area contributed by atoms with Crippen LogP contribution >= 0.6 is 0 Å². The van der Waals surface area contributed by atoms with Crippen LogP contribution in [0.15, 0.2) is 6.07 Å². The quantitative estimate of drug-likeness (QED) is 0.738. The van der Waals surface area contributed by atoms with Crippen LogP contribution in [-0.4, -0.2) is 37.2 Å². The number of carbonyl (C=O) groups is 1. The second kappa shape index (κ2) is 3.61. The monoisotopic (exact) mass is 233 g/mol. The SMILES string of the molecule is COC(=O)c1cc(C)c2c(n1)NC1CCN2C1. The summed E-state index contributed by atoms with van der Waals surface area (Å²) in [5, 5.41) is 3.39. The van der Waals surface area contributed by atoms with E-state index in [1.807, 2.05) is 6.92 Å². The number of aromatic nitrogens is 1. The number of methoxy groups -OCH3 is 1. The van der Waals surface area contributed by atoms with Crippen molar-refractivity contribution in [1.29, 1.82) is 0 Å². The standard InChI is InChI=1S/C12H15N3O2/c1-7-5-9(12(16)17-2)14-11-10(7)15-4-3-8(6-15)13-11/h5,8H,3-4,6H2,1-2H3,(H,13,14). The highest BCUT2D eigenvalue weighted by atomic mass is 16.5. The summed E-state index contributed by atoms with van der Waals surface area (Å²) in [6.45, 7) is 4.10. The third-order valence-electron chi connectivity index (χ3n) is 3.42. The molecule has 5 nitrogen and oxygen atoms in total. The smallest absolute Gasteiger partial charge is 0.356 e. The number of carbonyl (C=O) groups excluding carboxylic acids is 1. The number of nitrogens with zero attached hydrogens (tertiary/aromatic N) is 2. The van der Waals surface area contributed by atoms with Gasteiger partial charge in [-0.05, 0) is 25.0 Å². The summed E-state index contributed by atoms with van der Waals surface area (Å²) in [5.74, 6) is 0.435. The first kappa shape index (κ1) is 10.4. The summed E-state index contributed by atoms with van der Waals surface area (Å²) in [5.41, 5.74) is 2.58. The average Bonchev–Trinajstić information content (AvgIpc) is 2.69. The molecule has 17 heavy (non-hydrogen) atoms.